The highest BCUT2D eigenvalue weighted by Crippen LogP contribution is 2.25. The van der Waals surface area contributed by atoms with Crippen molar-refractivity contribution in [2.75, 3.05) is 43.2 Å². The highest BCUT2D eigenvalue weighted by atomic mass is 16.5. The van der Waals surface area contributed by atoms with E-state index < -0.39 is 0 Å². The third kappa shape index (κ3) is 3.04. The fourth-order valence-corrected chi connectivity index (χ4v) is 2.57. The van der Waals surface area contributed by atoms with Crippen LogP contribution in [0, 0.1) is 0 Å². The first-order chi connectivity index (χ1) is 10.6. The van der Waals surface area contributed by atoms with Crippen LogP contribution in [0.15, 0.2) is 24.8 Å². The van der Waals surface area contributed by atoms with Crippen molar-refractivity contribution in [1.82, 2.24) is 19.7 Å². The third-order valence-corrected chi connectivity index (χ3v) is 4.12. The van der Waals surface area contributed by atoms with Gasteiger partial charge in [-0.1, -0.05) is 0 Å². The lowest BCUT2D eigenvalue weighted by atomic mass is 10.1. The third-order valence-electron chi connectivity index (χ3n) is 4.12. The molecule has 1 fully saturated rings. The molecule has 0 amide bonds. The number of nitrogens with zero attached hydrogens (tertiary/aromatic N) is 6. The van der Waals surface area contributed by atoms with Gasteiger partial charge < -0.3 is 14.5 Å². The fraction of sp³-hybridized carbons (Fsp3) is 0.533. The zero-order chi connectivity index (χ0) is 15.5. The summed E-state index contributed by atoms with van der Waals surface area (Å²) < 4.78 is 7.21. The molecular weight excluding hydrogens is 280 g/mol. The van der Waals surface area contributed by atoms with Crippen molar-refractivity contribution in [3.8, 4) is 0 Å². The molecule has 0 unspecified atom stereocenters. The van der Waals surface area contributed by atoms with E-state index in [9.17, 15) is 0 Å². The Bertz CT molecular complexity index is 622. The minimum atomic E-state index is 0.195. The molecule has 0 saturated carbocycles. The zero-order valence-electron chi connectivity index (χ0n) is 13.3. The molecule has 0 N–H and O–H groups in total. The summed E-state index contributed by atoms with van der Waals surface area (Å²) in [5.41, 5.74) is 1.16. The number of morpholine rings is 1. The molecular formula is C15H22N6O. The van der Waals surface area contributed by atoms with Crippen LogP contribution in [0.2, 0.25) is 0 Å². The van der Waals surface area contributed by atoms with Gasteiger partial charge in [-0.2, -0.15) is 5.10 Å². The Hall–Kier alpha value is -2.15. The van der Waals surface area contributed by atoms with E-state index >= 15 is 0 Å². The number of aromatic nitrogens is 4. The van der Waals surface area contributed by atoms with Crippen molar-refractivity contribution in [3.63, 3.8) is 0 Å². The quantitative estimate of drug-likeness (QED) is 0.847. The van der Waals surface area contributed by atoms with Crippen LogP contribution in [-0.2, 0) is 11.8 Å². The predicted octanol–water partition coefficient (Wildman–Crippen LogP) is 1.24. The molecule has 7 heteroatoms. The molecule has 2 aromatic rings. The van der Waals surface area contributed by atoms with Crippen LogP contribution < -0.4 is 9.80 Å². The second kappa shape index (κ2) is 6.31. The van der Waals surface area contributed by atoms with Gasteiger partial charge in [-0.15, -0.1) is 0 Å². The molecule has 118 valence electrons. The van der Waals surface area contributed by atoms with Gasteiger partial charge in [0.2, 0.25) is 0 Å². The van der Waals surface area contributed by atoms with Crippen LogP contribution in [0.5, 0.6) is 0 Å². The smallest absolute Gasteiger partial charge is 0.134 e. The van der Waals surface area contributed by atoms with Crippen LogP contribution in [-0.4, -0.2) is 53.1 Å². The first kappa shape index (κ1) is 14.8. The Labute approximate surface area is 130 Å². The summed E-state index contributed by atoms with van der Waals surface area (Å²) in [6, 6.07) is 2.24. The van der Waals surface area contributed by atoms with Crippen molar-refractivity contribution in [3.05, 3.63) is 30.4 Å². The average molecular weight is 302 g/mol. The highest BCUT2D eigenvalue weighted by molar-refractivity contribution is 5.51. The summed E-state index contributed by atoms with van der Waals surface area (Å²) in [5, 5.41) is 4.24. The van der Waals surface area contributed by atoms with E-state index in [1.807, 2.05) is 37.2 Å². The maximum absolute atomic E-state index is 5.39. The van der Waals surface area contributed by atoms with Gasteiger partial charge in [0.1, 0.15) is 18.0 Å². The van der Waals surface area contributed by atoms with Gasteiger partial charge in [0, 0.05) is 45.0 Å². The van der Waals surface area contributed by atoms with Crippen molar-refractivity contribution in [2.45, 2.75) is 13.0 Å². The maximum Gasteiger partial charge on any atom is 0.134 e. The van der Waals surface area contributed by atoms with Gasteiger partial charge in [0.05, 0.1) is 25.5 Å². The molecule has 0 bridgehead atoms. The van der Waals surface area contributed by atoms with Crippen molar-refractivity contribution >= 4 is 11.6 Å². The maximum atomic E-state index is 5.39. The van der Waals surface area contributed by atoms with E-state index in [0.717, 1.165) is 43.5 Å². The number of hydrogen-bond donors (Lipinski definition) is 0. The molecule has 1 saturated heterocycles. The van der Waals surface area contributed by atoms with Crippen molar-refractivity contribution < 1.29 is 4.74 Å². The highest BCUT2D eigenvalue weighted by Gasteiger charge is 2.18. The minimum Gasteiger partial charge on any atom is -0.378 e. The Balaban J connectivity index is 1.78. The SMILES string of the molecule is C[C@H](c1cnn(C)c1)N(C)c1cc(N2CCOCC2)ncn1. The van der Waals surface area contributed by atoms with Gasteiger partial charge in [0.15, 0.2) is 0 Å². The topological polar surface area (TPSA) is 59.3 Å². The van der Waals surface area contributed by atoms with Crippen LogP contribution in [0.25, 0.3) is 0 Å². The lowest BCUT2D eigenvalue weighted by Gasteiger charge is -2.29. The standard InChI is InChI=1S/C15H22N6O/c1-12(13-9-18-19(2)10-13)20(3)14-8-15(17-11-16-14)21-4-6-22-7-5-21/h8-12H,4-7H2,1-3H3/t12-/m1/s1. The van der Waals surface area contributed by atoms with Crippen LogP contribution in [0.4, 0.5) is 11.6 Å². The molecule has 3 rings (SSSR count). The van der Waals surface area contributed by atoms with Gasteiger partial charge in [0.25, 0.3) is 0 Å². The Kier molecular flexibility index (Phi) is 4.24. The molecule has 2 aromatic heterocycles. The molecule has 0 radical (unpaired) electrons. The fourth-order valence-electron chi connectivity index (χ4n) is 2.57. The van der Waals surface area contributed by atoms with Crippen LogP contribution in [0.3, 0.4) is 0 Å². The molecule has 22 heavy (non-hydrogen) atoms. The molecule has 0 aromatic carbocycles. The summed E-state index contributed by atoms with van der Waals surface area (Å²) >= 11 is 0. The summed E-state index contributed by atoms with van der Waals surface area (Å²) in [4.78, 5) is 13.2. The second-order valence-corrected chi connectivity index (χ2v) is 5.57. The van der Waals surface area contributed by atoms with E-state index in [0.29, 0.717) is 0 Å². The van der Waals surface area contributed by atoms with Crippen LogP contribution >= 0.6 is 0 Å². The zero-order valence-corrected chi connectivity index (χ0v) is 13.3. The monoisotopic (exact) mass is 302 g/mol. The first-order valence-electron chi connectivity index (χ1n) is 7.51. The summed E-state index contributed by atoms with van der Waals surface area (Å²) in [6.45, 7) is 5.40. The molecule has 0 aliphatic carbocycles. The molecule has 1 aliphatic rings. The van der Waals surface area contributed by atoms with E-state index in [-0.39, 0.29) is 6.04 Å². The minimum absolute atomic E-state index is 0.195. The van der Waals surface area contributed by atoms with E-state index in [2.05, 4.69) is 31.8 Å². The predicted molar refractivity (Wildman–Crippen MR) is 85.1 cm³/mol. The Morgan fingerprint density at radius 3 is 2.73 bits per heavy atom. The van der Waals surface area contributed by atoms with Gasteiger partial charge in [-0.25, -0.2) is 9.97 Å². The lowest BCUT2D eigenvalue weighted by Crippen LogP contribution is -2.37. The van der Waals surface area contributed by atoms with Crippen molar-refractivity contribution in [1.29, 1.82) is 0 Å². The van der Waals surface area contributed by atoms with Crippen molar-refractivity contribution in [2.24, 2.45) is 7.05 Å². The van der Waals surface area contributed by atoms with E-state index in [1.165, 1.54) is 0 Å². The Morgan fingerprint density at radius 2 is 2.05 bits per heavy atom. The number of aryl methyl sites for hydroxylation is 1. The normalized spacial score (nSPS) is 16.6. The van der Waals surface area contributed by atoms with Crippen LogP contribution in [0.1, 0.15) is 18.5 Å². The number of rotatable bonds is 4. The van der Waals surface area contributed by atoms with E-state index in [1.54, 1.807) is 6.33 Å². The summed E-state index contributed by atoms with van der Waals surface area (Å²) in [5.74, 6) is 1.87. The molecule has 3 heterocycles. The molecule has 1 atom stereocenters. The average Bonchev–Trinajstić information content (AvgIpc) is 3.01. The Morgan fingerprint density at radius 1 is 1.27 bits per heavy atom. The van der Waals surface area contributed by atoms with Gasteiger partial charge in [-0.05, 0) is 6.92 Å². The number of ether oxygens (including phenoxy) is 1. The molecule has 7 nitrogen and oxygen atoms in total. The second-order valence-electron chi connectivity index (χ2n) is 5.57. The first-order valence-corrected chi connectivity index (χ1v) is 7.51. The van der Waals surface area contributed by atoms with Gasteiger partial charge >= 0.3 is 0 Å². The van der Waals surface area contributed by atoms with E-state index in [4.69, 9.17) is 4.74 Å². The molecule has 0 spiro atoms. The summed E-state index contributed by atoms with van der Waals surface area (Å²) in [7, 11) is 3.97. The van der Waals surface area contributed by atoms with Gasteiger partial charge in [-0.3, -0.25) is 4.68 Å². The number of anilines is 2. The number of hydrogen-bond acceptors (Lipinski definition) is 6. The lowest BCUT2D eigenvalue weighted by molar-refractivity contribution is 0.122. The summed E-state index contributed by atoms with van der Waals surface area (Å²) in [6.07, 6.45) is 5.56. The largest absolute Gasteiger partial charge is 0.378 e. The molecule has 1 aliphatic heterocycles.